The van der Waals surface area contributed by atoms with E-state index in [2.05, 4.69) is 6.08 Å². The van der Waals surface area contributed by atoms with Gasteiger partial charge in [-0.2, -0.15) is 0 Å². The minimum absolute atomic E-state index is 0.149. The molecule has 0 radical (unpaired) electrons. The van der Waals surface area contributed by atoms with Gasteiger partial charge in [0.05, 0.1) is 0 Å². The Kier molecular flexibility index (Phi) is 5.43. The van der Waals surface area contributed by atoms with Crippen LogP contribution in [0.4, 0.5) is 0 Å². The van der Waals surface area contributed by atoms with Crippen molar-refractivity contribution in [2.24, 2.45) is 5.92 Å². The Morgan fingerprint density at radius 3 is 2.50 bits per heavy atom. The summed E-state index contributed by atoms with van der Waals surface area (Å²) >= 11 is 0. The molecule has 1 atom stereocenters. The van der Waals surface area contributed by atoms with Gasteiger partial charge in [-0.05, 0) is 19.8 Å². The van der Waals surface area contributed by atoms with E-state index < -0.39 is 0 Å². The van der Waals surface area contributed by atoms with E-state index in [1.165, 1.54) is 0 Å². The summed E-state index contributed by atoms with van der Waals surface area (Å²) < 4.78 is 0. The zero-order valence-corrected chi connectivity index (χ0v) is 8.50. The van der Waals surface area contributed by atoms with Gasteiger partial charge in [0.25, 0.3) is 0 Å². The molecular formula is C10H19NO. The predicted molar refractivity (Wildman–Crippen MR) is 51.9 cm³/mol. The molecule has 0 aromatic rings. The lowest BCUT2D eigenvalue weighted by Crippen LogP contribution is -2.27. The molecule has 0 aromatic heterocycles. The molecule has 1 unspecified atom stereocenters. The highest BCUT2D eigenvalue weighted by molar-refractivity contribution is 5.77. The van der Waals surface area contributed by atoms with Gasteiger partial charge in [0.1, 0.15) is 0 Å². The summed E-state index contributed by atoms with van der Waals surface area (Å²) in [5.41, 5.74) is 0. The summed E-state index contributed by atoms with van der Waals surface area (Å²) in [6.07, 6.45) is 6.06. The Balaban J connectivity index is 3.71. The van der Waals surface area contributed by atoms with Crippen molar-refractivity contribution >= 4 is 5.91 Å². The number of hydrogen-bond donors (Lipinski definition) is 0. The number of rotatable bonds is 4. The molecule has 12 heavy (non-hydrogen) atoms. The topological polar surface area (TPSA) is 20.3 Å². The summed E-state index contributed by atoms with van der Waals surface area (Å²) in [4.78, 5) is 13.0. The maximum Gasteiger partial charge on any atom is 0.224 e. The molecular weight excluding hydrogens is 150 g/mol. The second kappa shape index (κ2) is 5.81. The summed E-state index contributed by atoms with van der Waals surface area (Å²) in [7, 11) is 3.60. The normalized spacial score (nSPS) is 13.3. The summed E-state index contributed by atoms with van der Waals surface area (Å²) in [5, 5.41) is 0. The first-order valence-corrected chi connectivity index (χ1v) is 4.42. The third-order valence-corrected chi connectivity index (χ3v) is 1.86. The van der Waals surface area contributed by atoms with Crippen molar-refractivity contribution in [2.45, 2.75) is 26.7 Å². The average molecular weight is 169 g/mol. The largest absolute Gasteiger partial charge is 0.349 e. The lowest BCUT2D eigenvalue weighted by atomic mass is 10.0. The molecule has 0 bridgehead atoms. The van der Waals surface area contributed by atoms with Gasteiger partial charge in [-0.25, -0.2) is 0 Å². The molecule has 0 aliphatic heterocycles. The second-order valence-electron chi connectivity index (χ2n) is 3.28. The molecule has 1 amide bonds. The number of carbonyl (C=O) groups is 1. The Hall–Kier alpha value is -0.790. The van der Waals surface area contributed by atoms with E-state index in [-0.39, 0.29) is 11.8 Å². The van der Waals surface area contributed by atoms with Gasteiger partial charge >= 0.3 is 0 Å². The number of amides is 1. The van der Waals surface area contributed by atoms with E-state index in [9.17, 15) is 4.79 Å². The highest BCUT2D eigenvalue weighted by Gasteiger charge is 2.12. The third kappa shape index (κ3) is 4.16. The van der Waals surface area contributed by atoms with Gasteiger partial charge in [0, 0.05) is 20.0 Å². The molecule has 0 saturated heterocycles. The second-order valence-corrected chi connectivity index (χ2v) is 3.28. The Labute approximate surface area is 75.3 Å². The molecule has 0 aliphatic carbocycles. The molecule has 0 aliphatic rings. The van der Waals surface area contributed by atoms with E-state index in [1.807, 2.05) is 19.9 Å². The molecule has 0 saturated carbocycles. The molecule has 0 N–H and O–H groups in total. The smallest absolute Gasteiger partial charge is 0.224 e. The first-order chi connectivity index (χ1) is 5.59. The standard InChI is InChI=1S/C10H19NO/c1-5-6-7-8-9(2)10(12)11(3)4/h5-6,9H,7-8H2,1-4H3. The van der Waals surface area contributed by atoms with Crippen molar-refractivity contribution in [3.63, 3.8) is 0 Å². The Bertz CT molecular complexity index is 161. The van der Waals surface area contributed by atoms with Crippen LogP contribution in [0.15, 0.2) is 12.2 Å². The molecule has 2 nitrogen and oxygen atoms in total. The summed E-state index contributed by atoms with van der Waals surface area (Å²) in [6.45, 7) is 3.98. The third-order valence-electron chi connectivity index (χ3n) is 1.86. The maximum absolute atomic E-state index is 11.3. The van der Waals surface area contributed by atoms with Gasteiger partial charge in [-0.15, -0.1) is 0 Å². The van der Waals surface area contributed by atoms with Gasteiger partial charge in [0.15, 0.2) is 0 Å². The van der Waals surface area contributed by atoms with Crippen LogP contribution >= 0.6 is 0 Å². The van der Waals surface area contributed by atoms with Crippen molar-refractivity contribution in [3.05, 3.63) is 12.2 Å². The fourth-order valence-corrected chi connectivity index (χ4v) is 1.08. The van der Waals surface area contributed by atoms with Crippen LogP contribution in [0.1, 0.15) is 26.7 Å². The van der Waals surface area contributed by atoms with E-state index in [1.54, 1.807) is 19.0 Å². The monoisotopic (exact) mass is 169 g/mol. The molecule has 0 rings (SSSR count). The lowest BCUT2D eigenvalue weighted by molar-refractivity contribution is -0.132. The number of carbonyl (C=O) groups excluding carboxylic acids is 1. The maximum atomic E-state index is 11.3. The average Bonchev–Trinajstić information content (AvgIpc) is 2.03. The predicted octanol–water partition coefficient (Wildman–Crippen LogP) is 2.07. The van der Waals surface area contributed by atoms with Crippen molar-refractivity contribution in [3.8, 4) is 0 Å². The Morgan fingerprint density at radius 1 is 1.50 bits per heavy atom. The number of nitrogens with zero attached hydrogens (tertiary/aromatic N) is 1. The van der Waals surface area contributed by atoms with Gasteiger partial charge in [0.2, 0.25) is 5.91 Å². The van der Waals surface area contributed by atoms with E-state index in [0.717, 1.165) is 12.8 Å². The zero-order valence-electron chi connectivity index (χ0n) is 8.50. The highest BCUT2D eigenvalue weighted by Crippen LogP contribution is 2.08. The van der Waals surface area contributed by atoms with Crippen molar-refractivity contribution < 1.29 is 4.79 Å². The van der Waals surface area contributed by atoms with E-state index in [4.69, 9.17) is 0 Å². The molecule has 0 heterocycles. The minimum atomic E-state index is 0.149. The number of allylic oxidation sites excluding steroid dienone is 2. The van der Waals surface area contributed by atoms with Crippen molar-refractivity contribution in [1.82, 2.24) is 4.90 Å². The molecule has 0 aromatic carbocycles. The fraction of sp³-hybridized carbons (Fsp3) is 0.700. The van der Waals surface area contributed by atoms with E-state index >= 15 is 0 Å². The first kappa shape index (κ1) is 11.2. The highest BCUT2D eigenvalue weighted by atomic mass is 16.2. The molecule has 70 valence electrons. The van der Waals surface area contributed by atoms with Crippen LogP contribution in [0.2, 0.25) is 0 Å². The molecule has 2 heteroatoms. The summed E-state index contributed by atoms with van der Waals surface area (Å²) in [6, 6.07) is 0. The summed E-state index contributed by atoms with van der Waals surface area (Å²) in [5.74, 6) is 0.371. The van der Waals surface area contributed by atoms with Gasteiger partial charge in [-0.3, -0.25) is 4.79 Å². The van der Waals surface area contributed by atoms with Crippen molar-refractivity contribution in [1.29, 1.82) is 0 Å². The Morgan fingerprint density at radius 2 is 2.08 bits per heavy atom. The van der Waals surface area contributed by atoms with Gasteiger partial charge in [-0.1, -0.05) is 19.1 Å². The van der Waals surface area contributed by atoms with Crippen molar-refractivity contribution in [2.75, 3.05) is 14.1 Å². The first-order valence-electron chi connectivity index (χ1n) is 4.42. The van der Waals surface area contributed by atoms with E-state index in [0.29, 0.717) is 0 Å². The quantitative estimate of drug-likeness (QED) is 0.590. The fourth-order valence-electron chi connectivity index (χ4n) is 1.08. The minimum Gasteiger partial charge on any atom is -0.349 e. The van der Waals surface area contributed by atoms with Crippen LogP contribution in [-0.2, 0) is 4.79 Å². The van der Waals surface area contributed by atoms with Crippen LogP contribution in [0, 0.1) is 5.92 Å². The van der Waals surface area contributed by atoms with Crippen LogP contribution in [0.5, 0.6) is 0 Å². The SMILES string of the molecule is CC=CCCC(C)C(=O)N(C)C. The molecule has 0 fully saturated rings. The molecule has 0 spiro atoms. The van der Waals surface area contributed by atoms with Crippen LogP contribution in [0.3, 0.4) is 0 Å². The van der Waals surface area contributed by atoms with Crippen LogP contribution in [-0.4, -0.2) is 24.9 Å². The zero-order chi connectivity index (χ0) is 9.56. The number of hydrogen-bond acceptors (Lipinski definition) is 1. The van der Waals surface area contributed by atoms with Crippen LogP contribution < -0.4 is 0 Å². The van der Waals surface area contributed by atoms with Gasteiger partial charge < -0.3 is 4.90 Å². The van der Waals surface area contributed by atoms with Crippen LogP contribution in [0.25, 0.3) is 0 Å². The lowest BCUT2D eigenvalue weighted by Gasteiger charge is -2.15.